The van der Waals surface area contributed by atoms with Crippen molar-refractivity contribution in [3.05, 3.63) is 0 Å². The van der Waals surface area contributed by atoms with Gasteiger partial charge >= 0.3 is 0 Å². The van der Waals surface area contributed by atoms with Crippen LogP contribution in [0.3, 0.4) is 0 Å². The Labute approximate surface area is 174 Å². The van der Waals surface area contributed by atoms with Gasteiger partial charge in [-0.25, -0.2) is 0 Å². The second-order valence-corrected chi connectivity index (χ2v) is 7.48. The summed E-state index contributed by atoms with van der Waals surface area (Å²) in [7, 11) is 1.65. The fourth-order valence-corrected chi connectivity index (χ4v) is 4.29. The third-order valence-corrected chi connectivity index (χ3v) is 6.12. The number of piperidine rings is 1. The lowest BCUT2D eigenvalue weighted by molar-refractivity contribution is -0.160. The van der Waals surface area contributed by atoms with Crippen LogP contribution in [0.5, 0.6) is 0 Å². The topological polar surface area (TPSA) is 65.1 Å². The third kappa shape index (κ3) is 5.26. The van der Waals surface area contributed by atoms with Crippen LogP contribution in [0.4, 0.5) is 0 Å². The van der Waals surface area contributed by atoms with Gasteiger partial charge in [0.2, 0.25) is 5.91 Å². The minimum Gasteiger partial charge on any atom is -0.368 e. The van der Waals surface area contributed by atoms with Gasteiger partial charge in [-0.3, -0.25) is 14.5 Å². The first-order chi connectivity index (χ1) is 12.1. The van der Waals surface area contributed by atoms with E-state index in [1.807, 2.05) is 16.7 Å². The highest BCUT2D eigenvalue weighted by atomic mass is 35.5. The van der Waals surface area contributed by atoms with Crippen molar-refractivity contribution in [3.8, 4) is 0 Å². The fourth-order valence-electron chi connectivity index (χ4n) is 4.29. The first-order valence-corrected chi connectivity index (χ1v) is 9.65. The minimum absolute atomic E-state index is 0. The highest BCUT2D eigenvalue weighted by molar-refractivity contribution is 5.86. The first kappa shape index (κ1) is 24.4. The number of methoxy groups -OCH3 is 1. The van der Waals surface area contributed by atoms with Gasteiger partial charge in [-0.15, -0.1) is 24.8 Å². The molecule has 3 saturated heterocycles. The van der Waals surface area contributed by atoms with Crippen molar-refractivity contribution >= 4 is 36.6 Å². The Morgan fingerprint density at radius 1 is 0.926 bits per heavy atom. The summed E-state index contributed by atoms with van der Waals surface area (Å²) >= 11 is 0. The summed E-state index contributed by atoms with van der Waals surface area (Å²) in [4.78, 5) is 31.7. The average molecular weight is 425 g/mol. The van der Waals surface area contributed by atoms with Gasteiger partial charge in [0.15, 0.2) is 0 Å². The summed E-state index contributed by atoms with van der Waals surface area (Å²) in [6.07, 6.45) is 3.70. The van der Waals surface area contributed by atoms with Crippen LogP contribution in [-0.2, 0) is 14.3 Å². The first-order valence-electron chi connectivity index (χ1n) is 9.65. The van der Waals surface area contributed by atoms with E-state index in [2.05, 4.69) is 10.2 Å². The summed E-state index contributed by atoms with van der Waals surface area (Å²) in [6.45, 7) is 8.29. The Hall–Kier alpha value is -0.600. The summed E-state index contributed by atoms with van der Waals surface area (Å²) in [5.41, 5.74) is -0.662. The third-order valence-electron chi connectivity index (χ3n) is 6.12. The van der Waals surface area contributed by atoms with Crippen LogP contribution in [0.15, 0.2) is 0 Å². The molecular weight excluding hydrogens is 391 g/mol. The van der Waals surface area contributed by atoms with Gasteiger partial charge in [-0.05, 0) is 45.7 Å². The molecule has 0 bridgehead atoms. The van der Waals surface area contributed by atoms with Crippen molar-refractivity contribution in [1.82, 2.24) is 20.0 Å². The van der Waals surface area contributed by atoms with E-state index in [0.29, 0.717) is 13.1 Å². The van der Waals surface area contributed by atoms with E-state index in [0.717, 1.165) is 65.0 Å². The van der Waals surface area contributed by atoms with Crippen LogP contribution >= 0.6 is 24.8 Å². The molecule has 0 radical (unpaired) electrons. The van der Waals surface area contributed by atoms with Gasteiger partial charge in [0.1, 0.15) is 5.60 Å². The number of hydrogen-bond donors (Lipinski definition) is 1. The summed E-state index contributed by atoms with van der Waals surface area (Å²) in [5.74, 6) is 0.360. The molecule has 3 aliphatic rings. The molecule has 7 nitrogen and oxygen atoms in total. The maximum absolute atomic E-state index is 13.0. The average Bonchev–Trinajstić information content (AvgIpc) is 3.21. The molecule has 0 saturated carbocycles. The lowest BCUT2D eigenvalue weighted by atomic mass is 9.90. The van der Waals surface area contributed by atoms with Gasteiger partial charge in [-0.1, -0.05) is 0 Å². The number of halogens is 2. The fraction of sp³-hybridized carbons (Fsp3) is 0.889. The quantitative estimate of drug-likeness (QED) is 0.721. The van der Waals surface area contributed by atoms with Gasteiger partial charge < -0.3 is 19.9 Å². The summed E-state index contributed by atoms with van der Waals surface area (Å²) in [5, 5.41) is 3.29. The molecule has 2 amide bonds. The number of piperazine rings is 1. The normalized spacial score (nSPS) is 23.9. The van der Waals surface area contributed by atoms with Crippen molar-refractivity contribution in [1.29, 1.82) is 0 Å². The predicted octanol–water partition coefficient (Wildman–Crippen LogP) is 0.754. The van der Waals surface area contributed by atoms with Gasteiger partial charge in [-0.2, -0.15) is 0 Å². The number of amides is 2. The number of likely N-dealkylation sites (tertiary alicyclic amines) is 1. The zero-order valence-electron chi connectivity index (χ0n) is 16.4. The molecule has 0 aromatic carbocycles. The van der Waals surface area contributed by atoms with Crippen LogP contribution in [-0.4, -0.2) is 97.6 Å². The van der Waals surface area contributed by atoms with Crippen LogP contribution in [0.2, 0.25) is 0 Å². The molecular formula is C18H34Cl2N4O3. The predicted molar refractivity (Wildman–Crippen MR) is 110 cm³/mol. The largest absolute Gasteiger partial charge is 0.368 e. The molecule has 0 aromatic heterocycles. The molecule has 3 aliphatic heterocycles. The maximum atomic E-state index is 13.0. The smallest absolute Gasteiger partial charge is 0.254 e. The Kier molecular flexibility index (Phi) is 9.79. The van der Waals surface area contributed by atoms with Crippen molar-refractivity contribution in [3.63, 3.8) is 0 Å². The van der Waals surface area contributed by atoms with Crippen LogP contribution < -0.4 is 5.32 Å². The number of nitrogens with zero attached hydrogens (tertiary/aromatic N) is 3. The molecule has 3 heterocycles. The minimum atomic E-state index is -0.662. The van der Waals surface area contributed by atoms with E-state index < -0.39 is 5.60 Å². The maximum Gasteiger partial charge on any atom is 0.254 e. The number of hydrogen-bond acceptors (Lipinski definition) is 5. The highest BCUT2D eigenvalue weighted by Crippen LogP contribution is 2.26. The van der Waals surface area contributed by atoms with Crippen LogP contribution in [0.1, 0.15) is 32.6 Å². The standard InChI is InChI=1S/C18H32N4O3.2ClH/c1-15(16(23)21-9-3-4-10-21)20-11-13-22(14-12-20)17(24)18(25-2)5-7-19-8-6-18;;/h15,19H,3-14H2,1-2H3;2*1H. The zero-order valence-corrected chi connectivity index (χ0v) is 18.1. The van der Waals surface area contributed by atoms with E-state index in [4.69, 9.17) is 4.74 Å². The van der Waals surface area contributed by atoms with Gasteiger partial charge in [0.05, 0.1) is 6.04 Å². The lowest BCUT2D eigenvalue weighted by Crippen LogP contribution is -2.61. The Morgan fingerprint density at radius 3 is 2.00 bits per heavy atom. The van der Waals surface area contributed by atoms with Crippen LogP contribution in [0.25, 0.3) is 0 Å². The molecule has 3 rings (SSSR count). The van der Waals surface area contributed by atoms with Crippen molar-refractivity contribution < 1.29 is 14.3 Å². The second-order valence-electron chi connectivity index (χ2n) is 7.48. The monoisotopic (exact) mass is 424 g/mol. The van der Waals surface area contributed by atoms with Gasteiger partial charge in [0, 0.05) is 46.4 Å². The molecule has 9 heteroatoms. The number of carbonyl (C=O) groups is 2. The molecule has 1 N–H and O–H groups in total. The van der Waals surface area contributed by atoms with E-state index >= 15 is 0 Å². The number of rotatable bonds is 4. The van der Waals surface area contributed by atoms with E-state index in [1.165, 1.54) is 0 Å². The van der Waals surface area contributed by atoms with Crippen molar-refractivity contribution in [2.24, 2.45) is 0 Å². The Morgan fingerprint density at radius 2 is 1.48 bits per heavy atom. The summed E-state index contributed by atoms with van der Waals surface area (Å²) < 4.78 is 5.67. The van der Waals surface area contributed by atoms with Gasteiger partial charge in [0.25, 0.3) is 5.91 Å². The number of nitrogens with one attached hydrogen (secondary N) is 1. The highest BCUT2D eigenvalue weighted by Gasteiger charge is 2.43. The van der Waals surface area contributed by atoms with Crippen molar-refractivity contribution in [2.45, 2.75) is 44.2 Å². The Balaban J connectivity index is 0.00000182. The van der Waals surface area contributed by atoms with Crippen molar-refractivity contribution in [2.75, 3.05) is 59.5 Å². The van der Waals surface area contributed by atoms with Crippen LogP contribution in [0, 0.1) is 0 Å². The SMILES string of the molecule is COC1(C(=O)N2CCN(C(C)C(=O)N3CCCC3)CC2)CCNCC1.Cl.Cl. The molecule has 1 unspecified atom stereocenters. The molecule has 0 aromatic rings. The molecule has 0 spiro atoms. The Bertz CT molecular complexity index is 489. The molecule has 3 fully saturated rings. The number of ether oxygens (including phenoxy) is 1. The molecule has 27 heavy (non-hydrogen) atoms. The zero-order chi connectivity index (χ0) is 17.9. The van der Waals surface area contributed by atoms with E-state index in [9.17, 15) is 9.59 Å². The second kappa shape index (κ2) is 10.8. The molecule has 158 valence electrons. The van der Waals surface area contributed by atoms with E-state index in [1.54, 1.807) is 7.11 Å². The van der Waals surface area contributed by atoms with E-state index in [-0.39, 0.29) is 42.7 Å². The lowest BCUT2D eigenvalue weighted by Gasteiger charge is -2.43. The summed E-state index contributed by atoms with van der Waals surface area (Å²) in [6, 6.07) is -0.0920. The molecule has 0 aliphatic carbocycles. The molecule has 1 atom stereocenters. The number of carbonyl (C=O) groups excluding carboxylic acids is 2.